The van der Waals surface area contributed by atoms with Crippen molar-refractivity contribution in [1.82, 2.24) is 5.43 Å². The third-order valence-electron chi connectivity index (χ3n) is 3.52. The molecule has 0 spiro atoms. The monoisotopic (exact) mass is 360 g/mol. The summed E-state index contributed by atoms with van der Waals surface area (Å²) >= 11 is 6.00. The van der Waals surface area contributed by atoms with Crippen LogP contribution in [0.5, 0.6) is 5.75 Å². The van der Waals surface area contributed by atoms with Gasteiger partial charge in [0.1, 0.15) is 5.75 Å². The Morgan fingerprint density at radius 2 is 2.00 bits per heavy atom. The molecule has 0 radical (unpaired) electrons. The molecular formula is C19H21ClN2O3. The Morgan fingerprint density at radius 3 is 2.68 bits per heavy atom. The number of carbonyl (C=O) groups is 1. The number of hydrazone groups is 1. The van der Waals surface area contributed by atoms with Crippen molar-refractivity contribution in [3.05, 3.63) is 64.7 Å². The first-order chi connectivity index (χ1) is 12.1. The fourth-order valence-corrected chi connectivity index (χ4v) is 2.38. The number of rotatable bonds is 8. The van der Waals surface area contributed by atoms with E-state index >= 15 is 0 Å². The molecule has 1 amide bonds. The lowest BCUT2D eigenvalue weighted by Gasteiger charge is -2.11. The van der Waals surface area contributed by atoms with Gasteiger partial charge in [0.25, 0.3) is 0 Å². The maximum Gasteiger partial charge on any atom is 0.240 e. The van der Waals surface area contributed by atoms with Gasteiger partial charge in [-0.15, -0.1) is 0 Å². The van der Waals surface area contributed by atoms with Crippen LogP contribution in [0.25, 0.3) is 0 Å². The van der Waals surface area contributed by atoms with Gasteiger partial charge in [0.05, 0.1) is 18.9 Å². The maximum absolute atomic E-state index is 11.8. The highest BCUT2D eigenvalue weighted by molar-refractivity contribution is 6.33. The number of halogens is 1. The Labute approximate surface area is 152 Å². The smallest absolute Gasteiger partial charge is 0.240 e. The Morgan fingerprint density at radius 1 is 1.28 bits per heavy atom. The molecule has 0 aliphatic rings. The minimum Gasteiger partial charge on any atom is -0.494 e. The lowest BCUT2D eigenvalue weighted by atomic mass is 10.0. The van der Waals surface area contributed by atoms with E-state index in [1.807, 2.05) is 19.1 Å². The molecule has 1 unspecified atom stereocenters. The van der Waals surface area contributed by atoms with E-state index in [4.69, 9.17) is 16.3 Å². The molecule has 0 bridgehead atoms. The van der Waals surface area contributed by atoms with E-state index in [2.05, 4.69) is 10.5 Å². The zero-order valence-corrected chi connectivity index (χ0v) is 14.7. The number of aliphatic hydroxyl groups excluding tert-OH is 1. The van der Waals surface area contributed by atoms with E-state index in [9.17, 15) is 9.90 Å². The highest BCUT2D eigenvalue weighted by Crippen LogP contribution is 2.21. The van der Waals surface area contributed by atoms with E-state index in [0.29, 0.717) is 18.1 Å². The van der Waals surface area contributed by atoms with E-state index in [0.717, 1.165) is 16.9 Å². The molecule has 0 fully saturated rings. The Balaban J connectivity index is 1.78. The molecular weight excluding hydrogens is 340 g/mol. The van der Waals surface area contributed by atoms with Gasteiger partial charge < -0.3 is 9.84 Å². The number of aliphatic hydroxyl groups is 1. The summed E-state index contributed by atoms with van der Waals surface area (Å²) in [7, 11) is 0. The van der Waals surface area contributed by atoms with Gasteiger partial charge in [-0.2, -0.15) is 5.10 Å². The molecule has 2 rings (SSSR count). The number of carbonyl (C=O) groups excluding carboxylic acids is 1. The quantitative estimate of drug-likeness (QED) is 0.557. The van der Waals surface area contributed by atoms with Crippen LogP contribution in [0, 0.1) is 0 Å². The predicted molar refractivity (Wildman–Crippen MR) is 99.0 cm³/mol. The summed E-state index contributed by atoms with van der Waals surface area (Å²) in [6.45, 7) is 2.51. The van der Waals surface area contributed by atoms with Crippen LogP contribution >= 0.6 is 11.6 Å². The number of nitrogens with one attached hydrogen (secondary N) is 1. The van der Waals surface area contributed by atoms with Crippen molar-refractivity contribution in [2.75, 3.05) is 6.61 Å². The molecule has 132 valence electrons. The Bertz CT molecular complexity index is 717. The van der Waals surface area contributed by atoms with E-state index in [-0.39, 0.29) is 12.3 Å². The van der Waals surface area contributed by atoms with Crippen molar-refractivity contribution < 1.29 is 14.6 Å². The van der Waals surface area contributed by atoms with Gasteiger partial charge in [-0.25, -0.2) is 5.43 Å². The average Bonchev–Trinajstić information content (AvgIpc) is 2.62. The minimum absolute atomic E-state index is 0.161. The number of amides is 1. The van der Waals surface area contributed by atoms with E-state index in [1.54, 1.807) is 36.4 Å². The molecule has 0 heterocycles. The summed E-state index contributed by atoms with van der Waals surface area (Å²) < 4.78 is 5.36. The first-order valence-electron chi connectivity index (χ1n) is 8.07. The molecule has 25 heavy (non-hydrogen) atoms. The molecule has 1 atom stereocenters. The molecule has 2 aromatic carbocycles. The Hall–Kier alpha value is -2.37. The second kappa shape index (κ2) is 9.81. The summed E-state index contributed by atoms with van der Waals surface area (Å²) in [5, 5.41) is 14.6. The molecule has 0 aromatic heterocycles. The highest BCUT2D eigenvalue weighted by atomic mass is 35.5. The predicted octanol–water partition coefficient (Wildman–Crippen LogP) is 3.70. The number of benzene rings is 2. The molecule has 0 saturated carbocycles. The number of nitrogens with zero attached hydrogens (tertiary/aromatic N) is 1. The van der Waals surface area contributed by atoms with Crippen molar-refractivity contribution in [2.45, 2.75) is 25.9 Å². The number of hydrogen-bond donors (Lipinski definition) is 2. The van der Waals surface area contributed by atoms with Gasteiger partial charge in [0, 0.05) is 17.0 Å². The molecule has 6 heteroatoms. The van der Waals surface area contributed by atoms with Crippen LogP contribution in [0.15, 0.2) is 53.6 Å². The van der Waals surface area contributed by atoms with Crippen molar-refractivity contribution >= 4 is 23.7 Å². The van der Waals surface area contributed by atoms with Crippen LogP contribution in [-0.2, 0) is 4.79 Å². The molecule has 5 nitrogen and oxygen atoms in total. The van der Waals surface area contributed by atoms with Gasteiger partial charge >= 0.3 is 0 Å². The standard InChI is InChI=1S/C19H21ClN2O3/c1-2-25-16-9-7-14(8-10-16)18(23)11-12-19(24)22-21-13-15-5-3-4-6-17(15)20/h3-10,13,18,23H,2,11-12H2,1H3,(H,22,24). The van der Waals surface area contributed by atoms with E-state index < -0.39 is 6.10 Å². The topological polar surface area (TPSA) is 70.9 Å². The second-order valence-corrected chi connectivity index (χ2v) is 5.78. The summed E-state index contributed by atoms with van der Waals surface area (Å²) in [6, 6.07) is 14.4. The molecule has 0 aliphatic heterocycles. The van der Waals surface area contributed by atoms with Crippen molar-refractivity contribution in [3.63, 3.8) is 0 Å². The molecule has 0 saturated heterocycles. The zero-order chi connectivity index (χ0) is 18.1. The summed E-state index contributed by atoms with van der Waals surface area (Å²) in [5.74, 6) is 0.485. The van der Waals surface area contributed by atoms with Crippen molar-refractivity contribution in [2.24, 2.45) is 5.10 Å². The summed E-state index contributed by atoms with van der Waals surface area (Å²) in [4.78, 5) is 11.8. The lowest BCUT2D eigenvalue weighted by Crippen LogP contribution is -2.18. The Kier molecular flexibility index (Phi) is 7.44. The van der Waals surface area contributed by atoms with Crippen LogP contribution in [0.2, 0.25) is 5.02 Å². The van der Waals surface area contributed by atoms with Gasteiger partial charge in [-0.05, 0) is 37.1 Å². The normalized spacial score (nSPS) is 12.1. The number of hydrogen-bond acceptors (Lipinski definition) is 4. The zero-order valence-electron chi connectivity index (χ0n) is 14.0. The molecule has 2 aromatic rings. The van der Waals surface area contributed by atoms with Crippen LogP contribution in [0.3, 0.4) is 0 Å². The van der Waals surface area contributed by atoms with Crippen LogP contribution in [0.4, 0.5) is 0 Å². The largest absolute Gasteiger partial charge is 0.494 e. The first kappa shape index (κ1) is 19.0. The van der Waals surface area contributed by atoms with Gasteiger partial charge in [-0.3, -0.25) is 4.79 Å². The fraction of sp³-hybridized carbons (Fsp3) is 0.263. The van der Waals surface area contributed by atoms with E-state index in [1.165, 1.54) is 6.21 Å². The van der Waals surface area contributed by atoms with Crippen molar-refractivity contribution in [3.8, 4) is 5.75 Å². The lowest BCUT2D eigenvalue weighted by molar-refractivity contribution is -0.121. The maximum atomic E-state index is 11.8. The third-order valence-corrected chi connectivity index (χ3v) is 3.86. The summed E-state index contributed by atoms with van der Waals surface area (Å²) in [6.07, 6.45) is 1.24. The highest BCUT2D eigenvalue weighted by Gasteiger charge is 2.10. The van der Waals surface area contributed by atoms with Crippen LogP contribution in [-0.4, -0.2) is 23.8 Å². The van der Waals surface area contributed by atoms with Gasteiger partial charge in [-0.1, -0.05) is 41.9 Å². The minimum atomic E-state index is -0.714. The fourth-order valence-electron chi connectivity index (χ4n) is 2.20. The van der Waals surface area contributed by atoms with Crippen LogP contribution < -0.4 is 10.2 Å². The first-order valence-corrected chi connectivity index (χ1v) is 8.45. The summed E-state index contributed by atoms with van der Waals surface area (Å²) in [5.41, 5.74) is 3.90. The van der Waals surface area contributed by atoms with Crippen LogP contribution in [0.1, 0.15) is 37.0 Å². The van der Waals surface area contributed by atoms with Crippen molar-refractivity contribution in [1.29, 1.82) is 0 Å². The third kappa shape index (κ3) is 6.21. The SMILES string of the molecule is CCOc1ccc(C(O)CCC(=O)NN=Cc2ccccc2Cl)cc1. The van der Waals surface area contributed by atoms with Gasteiger partial charge in [0.15, 0.2) is 0 Å². The average molecular weight is 361 g/mol. The number of ether oxygens (including phenoxy) is 1. The molecule has 2 N–H and O–H groups in total. The van der Waals surface area contributed by atoms with Gasteiger partial charge in [0.2, 0.25) is 5.91 Å². The second-order valence-electron chi connectivity index (χ2n) is 5.37. The molecule has 0 aliphatic carbocycles.